The van der Waals surface area contributed by atoms with Gasteiger partial charge in [-0.15, -0.1) is 0 Å². The van der Waals surface area contributed by atoms with Gasteiger partial charge in [-0.3, -0.25) is 0 Å². The Morgan fingerprint density at radius 3 is 1.55 bits per heavy atom. The highest BCUT2D eigenvalue weighted by molar-refractivity contribution is 5.21. The van der Waals surface area contributed by atoms with Crippen LogP contribution in [0.5, 0.6) is 0 Å². The molecule has 1 fully saturated rings. The quantitative estimate of drug-likeness (QED) is 0.202. The second-order valence-electron chi connectivity index (χ2n) is 11.9. The van der Waals surface area contributed by atoms with Gasteiger partial charge in [-0.1, -0.05) is 183 Å². The van der Waals surface area contributed by atoms with E-state index in [0.717, 1.165) is 23.7 Å². The van der Waals surface area contributed by atoms with E-state index in [1.807, 2.05) is 50.2 Å². The summed E-state index contributed by atoms with van der Waals surface area (Å²) in [5.74, 6) is 3.94. The van der Waals surface area contributed by atoms with Crippen molar-refractivity contribution in [2.45, 2.75) is 125 Å². The molecule has 0 heteroatoms. The fourth-order valence-corrected chi connectivity index (χ4v) is 6.63. The number of benzene rings is 3. The van der Waals surface area contributed by atoms with Crippen molar-refractivity contribution in [3.05, 3.63) is 120 Å². The molecule has 42 heavy (non-hydrogen) atoms. The third kappa shape index (κ3) is 14.5. The van der Waals surface area contributed by atoms with Gasteiger partial charge in [0.25, 0.3) is 0 Å². The molecule has 1 aliphatic rings. The molecule has 3 aromatic rings. The van der Waals surface area contributed by atoms with Crippen molar-refractivity contribution in [3.63, 3.8) is 0 Å². The summed E-state index contributed by atoms with van der Waals surface area (Å²) >= 11 is 0. The van der Waals surface area contributed by atoms with Gasteiger partial charge in [-0.2, -0.15) is 0 Å². The van der Waals surface area contributed by atoms with Crippen LogP contribution in [0.25, 0.3) is 0 Å². The molecule has 0 aromatic heterocycles. The van der Waals surface area contributed by atoms with Gasteiger partial charge >= 0.3 is 0 Å². The van der Waals surface area contributed by atoms with Crippen LogP contribution in [0.2, 0.25) is 0 Å². The maximum Gasteiger partial charge on any atom is -0.0136 e. The predicted molar refractivity (Wildman–Crippen MR) is 190 cm³/mol. The zero-order valence-corrected chi connectivity index (χ0v) is 28.4. The van der Waals surface area contributed by atoms with Crippen molar-refractivity contribution in [3.8, 4) is 0 Å². The molecule has 5 unspecified atom stereocenters. The van der Waals surface area contributed by atoms with Gasteiger partial charge in [-0.05, 0) is 79.7 Å². The van der Waals surface area contributed by atoms with Gasteiger partial charge in [0, 0.05) is 0 Å². The van der Waals surface area contributed by atoms with Crippen molar-refractivity contribution in [2.75, 3.05) is 0 Å². The minimum atomic E-state index is 0.703. The summed E-state index contributed by atoms with van der Waals surface area (Å²) in [6, 6.07) is 34.3. The van der Waals surface area contributed by atoms with E-state index in [9.17, 15) is 0 Å². The molecule has 0 N–H and O–H groups in total. The highest BCUT2D eigenvalue weighted by Gasteiger charge is 2.22. The predicted octanol–water partition coefficient (Wildman–Crippen LogP) is 13.7. The first-order valence-corrected chi connectivity index (χ1v) is 17.3. The van der Waals surface area contributed by atoms with Crippen LogP contribution in [0.15, 0.2) is 109 Å². The van der Waals surface area contributed by atoms with E-state index in [4.69, 9.17) is 0 Å². The van der Waals surface area contributed by atoms with Crippen molar-refractivity contribution in [1.82, 2.24) is 0 Å². The Bertz CT molecular complexity index is 963. The first kappa shape index (κ1) is 37.4. The Balaban J connectivity index is 0.000000398. The summed E-state index contributed by atoms with van der Waals surface area (Å²) in [4.78, 5) is 0. The fraction of sp³-hybridized carbons (Fsp3) is 0.524. The first-order valence-electron chi connectivity index (χ1n) is 17.3. The number of hydrogen-bond acceptors (Lipinski definition) is 0. The van der Waals surface area contributed by atoms with E-state index in [1.165, 1.54) is 80.9 Å². The van der Waals surface area contributed by atoms with Gasteiger partial charge < -0.3 is 0 Å². The largest absolute Gasteiger partial charge is 0.0999 e. The maximum atomic E-state index is 4.03. The molecule has 0 heterocycles. The van der Waals surface area contributed by atoms with Gasteiger partial charge in [0.05, 0.1) is 0 Å². The Morgan fingerprint density at radius 2 is 1.14 bits per heavy atom. The molecule has 1 saturated carbocycles. The Labute approximate surface area is 262 Å². The van der Waals surface area contributed by atoms with E-state index in [-0.39, 0.29) is 0 Å². The lowest BCUT2D eigenvalue weighted by Crippen LogP contribution is -2.16. The van der Waals surface area contributed by atoms with E-state index in [2.05, 4.69) is 102 Å². The smallest absolute Gasteiger partial charge is 0.0136 e. The average molecular weight is 569 g/mol. The van der Waals surface area contributed by atoms with E-state index < -0.39 is 0 Å². The van der Waals surface area contributed by atoms with Gasteiger partial charge in [0.1, 0.15) is 0 Å². The minimum absolute atomic E-state index is 0.703. The Morgan fingerprint density at radius 1 is 0.667 bits per heavy atom. The Hall–Kier alpha value is -2.60. The van der Waals surface area contributed by atoms with Crippen LogP contribution in [0, 0.1) is 17.8 Å². The van der Waals surface area contributed by atoms with Crippen LogP contribution in [-0.2, 0) is 0 Å². The molecule has 0 spiro atoms. The van der Waals surface area contributed by atoms with Gasteiger partial charge in [0.2, 0.25) is 0 Å². The molecule has 0 amide bonds. The molecule has 5 atom stereocenters. The molecule has 0 radical (unpaired) electrons. The molecule has 0 nitrogen and oxygen atoms in total. The zero-order valence-electron chi connectivity index (χ0n) is 28.4. The molecule has 0 aliphatic heterocycles. The molecule has 0 bridgehead atoms. The summed E-state index contributed by atoms with van der Waals surface area (Å²) in [5.41, 5.74) is 4.45. The molecule has 3 aromatic carbocycles. The van der Waals surface area contributed by atoms with Crippen LogP contribution in [0.1, 0.15) is 136 Å². The van der Waals surface area contributed by atoms with Crippen molar-refractivity contribution < 1.29 is 0 Å². The van der Waals surface area contributed by atoms with Gasteiger partial charge in [-0.25, -0.2) is 0 Å². The minimum Gasteiger partial charge on any atom is -0.0999 e. The SMILES string of the molecule is C=C(C)C1CCCCC1C.CC.CCCC(CCC(CC)C(CC)c1ccccc1)c1ccccc1.c1ccccc1. The third-order valence-corrected chi connectivity index (χ3v) is 8.97. The van der Waals surface area contributed by atoms with Crippen LogP contribution < -0.4 is 0 Å². The monoisotopic (exact) mass is 569 g/mol. The van der Waals surface area contributed by atoms with Crippen LogP contribution in [0.3, 0.4) is 0 Å². The van der Waals surface area contributed by atoms with Crippen LogP contribution in [0.4, 0.5) is 0 Å². The lowest BCUT2D eigenvalue weighted by molar-refractivity contribution is 0.294. The summed E-state index contributed by atoms with van der Waals surface area (Å²) in [7, 11) is 0. The molecule has 4 rings (SSSR count). The highest BCUT2D eigenvalue weighted by atomic mass is 14.3. The number of rotatable bonds is 11. The second kappa shape index (κ2) is 23.9. The highest BCUT2D eigenvalue weighted by Crippen LogP contribution is 2.37. The summed E-state index contributed by atoms with van der Waals surface area (Å²) in [5, 5.41) is 0. The topological polar surface area (TPSA) is 0 Å². The fourth-order valence-electron chi connectivity index (χ4n) is 6.63. The average Bonchev–Trinajstić information content (AvgIpc) is 3.05. The van der Waals surface area contributed by atoms with E-state index in [0.29, 0.717) is 5.92 Å². The van der Waals surface area contributed by atoms with E-state index >= 15 is 0 Å². The normalized spacial score (nSPS) is 17.9. The van der Waals surface area contributed by atoms with Crippen molar-refractivity contribution in [1.29, 1.82) is 0 Å². The third-order valence-electron chi connectivity index (χ3n) is 8.97. The van der Waals surface area contributed by atoms with Crippen LogP contribution >= 0.6 is 0 Å². The zero-order chi connectivity index (χ0) is 31.0. The van der Waals surface area contributed by atoms with Crippen molar-refractivity contribution >= 4 is 0 Å². The summed E-state index contributed by atoms with van der Waals surface area (Å²) < 4.78 is 0. The maximum absolute atomic E-state index is 4.03. The summed E-state index contributed by atoms with van der Waals surface area (Å²) in [6.07, 6.45) is 13.4. The molecule has 1 aliphatic carbocycles. The molecular weight excluding hydrogens is 504 g/mol. The number of hydrogen-bond donors (Lipinski definition) is 0. The van der Waals surface area contributed by atoms with Crippen LogP contribution in [-0.4, -0.2) is 0 Å². The molecule has 0 saturated heterocycles. The van der Waals surface area contributed by atoms with Crippen molar-refractivity contribution in [2.24, 2.45) is 17.8 Å². The lowest BCUT2D eigenvalue weighted by Gasteiger charge is -2.28. The standard InChI is InChI=1S/C24H34.C10H18.C6H6.C2H6/c1-4-13-21(22-14-9-7-10-15-22)19-18-20(5-2)24(6-3)23-16-11-8-12-17-23;1-8(2)10-7-5-4-6-9(10)3;1-2-4-6-5-3-1;1-2/h7-12,14-17,20-21,24H,4-6,13,18-19H2,1-3H3;9-10H,1,4-7H2,2-3H3;1-6H;1-2H3. The lowest BCUT2D eigenvalue weighted by atomic mass is 9.77. The number of allylic oxidation sites excluding steroid dienone is 1. The van der Waals surface area contributed by atoms with Gasteiger partial charge in [0.15, 0.2) is 0 Å². The second-order valence-corrected chi connectivity index (χ2v) is 11.9. The van der Waals surface area contributed by atoms with E-state index in [1.54, 1.807) is 0 Å². The molecular formula is C42H64. The molecule has 232 valence electrons. The summed E-state index contributed by atoms with van der Waals surface area (Å²) in [6.45, 7) is 19.6. The first-order chi connectivity index (χ1) is 20.5. The Kier molecular flexibility index (Phi) is 21.3.